The van der Waals surface area contributed by atoms with Crippen molar-refractivity contribution in [1.82, 2.24) is 0 Å². The number of carbonyl (C=O) groups is 1. The minimum absolute atomic E-state index is 0.00748. The molecule has 0 saturated heterocycles. The molecule has 3 aromatic carbocycles. The van der Waals surface area contributed by atoms with Crippen molar-refractivity contribution >= 4 is 17.6 Å². The second kappa shape index (κ2) is 7.54. The second-order valence-corrected chi connectivity index (χ2v) is 6.62. The highest BCUT2D eigenvalue weighted by molar-refractivity contribution is 6.30. The van der Waals surface area contributed by atoms with Crippen molar-refractivity contribution in [1.29, 1.82) is 0 Å². The minimum Gasteiger partial charge on any atom is -0.481 e. The van der Waals surface area contributed by atoms with Gasteiger partial charge in [0.2, 0.25) is 0 Å². The van der Waals surface area contributed by atoms with Crippen LogP contribution in [0, 0.1) is 0 Å². The lowest BCUT2D eigenvalue weighted by Gasteiger charge is -2.34. The van der Waals surface area contributed by atoms with Gasteiger partial charge in [-0.2, -0.15) is 0 Å². The van der Waals surface area contributed by atoms with Gasteiger partial charge in [-0.15, -0.1) is 0 Å². The standard InChI is InChI=1S/C22H19ClO2/c23-20-13-11-19(12-14-20)22(16-21(24)25,18-9-5-2-6-10-18)15-17-7-3-1-4-8-17/h1-14H,15-16H2,(H,24,25). The number of hydrogen-bond donors (Lipinski definition) is 1. The highest BCUT2D eigenvalue weighted by Gasteiger charge is 2.36. The molecule has 0 amide bonds. The van der Waals surface area contributed by atoms with Crippen molar-refractivity contribution in [2.75, 3.05) is 0 Å². The van der Waals surface area contributed by atoms with Crippen molar-refractivity contribution in [2.45, 2.75) is 18.3 Å². The van der Waals surface area contributed by atoms with Crippen molar-refractivity contribution in [2.24, 2.45) is 0 Å². The maximum atomic E-state index is 11.8. The summed E-state index contributed by atoms with van der Waals surface area (Å²) in [5.74, 6) is -0.824. The summed E-state index contributed by atoms with van der Waals surface area (Å²) in [4.78, 5) is 11.8. The summed E-state index contributed by atoms with van der Waals surface area (Å²) in [6.45, 7) is 0. The third kappa shape index (κ3) is 3.92. The van der Waals surface area contributed by atoms with Crippen molar-refractivity contribution < 1.29 is 9.90 Å². The minimum atomic E-state index is -0.824. The average Bonchev–Trinajstić information content (AvgIpc) is 2.63. The Bertz CT molecular complexity index is 829. The van der Waals surface area contributed by atoms with E-state index in [2.05, 4.69) is 0 Å². The van der Waals surface area contributed by atoms with E-state index in [4.69, 9.17) is 11.6 Å². The lowest BCUT2D eigenvalue weighted by atomic mass is 9.68. The van der Waals surface area contributed by atoms with E-state index in [9.17, 15) is 9.90 Å². The molecule has 2 nitrogen and oxygen atoms in total. The molecule has 0 saturated carbocycles. The van der Waals surface area contributed by atoms with E-state index in [1.165, 1.54) is 0 Å². The molecule has 0 aromatic heterocycles. The maximum Gasteiger partial charge on any atom is 0.304 e. The molecule has 0 fully saturated rings. The summed E-state index contributed by atoms with van der Waals surface area (Å²) >= 11 is 6.06. The molecule has 0 spiro atoms. The number of rotatable bonds is 6. The molecule has 126 valence electrons. The normalized spacial score (nSPS) is 13.2. The van der Waals surface area contributed by atoms with Crippen LogP contribution >= 0.6 is 11.6 Å². The van der Waals surface area contributed by atoms with Crippen LogP contribution in [0.15, 0.2) is 84.9 Å². The van der Waals surface area contributed by atoms with E-state index in [0.717, 1.165) is 16.7 Å². The Labute approximate surface area is 152 Å². The van der Waals surface area contributed by atoms with Crippen LogP contribution in [0.3, 0.4) is 0 Å². The lowest BCUT2D eigenvalue weighted by molar-refractivity contribution is -0.138. The SMILES string of the molecule is O=C(O)CC(Cc1ccccc1)(c1ccccc1)c1ccc(Cl)cc1. The zero-order valence-electron chi connectivity index (χ0n) is 13.7. The number of carboxylic acids is 1. The predicted molar refractivity (Wildman–Crippen MR) is 101 cm³/mol. The average molecular weight is 351 g/mol. The first-order valence-corrected chi connectivity index (χ1v) is 8.55. The molecule has 0 aliphatic heterocycles. The van der Waals surface area contributed by atoms with Gasteiger partial charge in [0.25, 0.3) is 0 Å². The molecule has 0 heterocycles. The first-order chi connectivity index (χ1) is 12.1. The van der Waals surface area contributed by atoms with Gasteiger partial charge in [0.1, 0.15) is 0 Å². The topological polar surface area (TPSA) is 37.3 Å². The molecule has 1 atom stereocenters. The fourth-order valence-electron chi connectivity index (χ4n) is 3.37. The molecule has 3 heteroatoms. The Morgan fingerprint density at radius 2 is 1.32 bits per heavy atom. The summed E-state index contributed by atoms with van der Waals surface area (Å²) in [6.07, 6.45) is 0.610. The zero-order chi connectivity index (χ0) is 17.7. The molecule has 0 aliphatic rings. The van der Waals surface area contributed by atoms with Gasteiger partial charge in [-0.3, -0.25) is 4.79 Å². The molecule has 0 aliphatic carbocycles. The lowest BCUT2D eigenvalue weighted by Crippen LogP contribution is -2.33. The first kappa shape index (κ1) is 17.2. The summed E-state index contributed by atoms with van der Waals surface area (Å²) in [7, 11) is 0. The molecule has 25 heavy (non-hydrogen) atoms. The van der Waals surface area contributed by atoms with Gasteiger partial charge in [0, 0.05) is 10.4 Å². The summed E-state index contributed by atoms with van der Waals surface area (Å²) < 4.78 is 0. The van der Waals surface area contributed by atoms with E-state index in [0.29, 0.717) is 11.4 Å². The van der Waals surface area contributed by atoms with Gasteiger partial charge >= 0.3 is 5.97 Å². The smallest absolute Gasteiger partial charge is 0.304 e. The van der Waals surface area contributed by atoms with E-state index >= 15 is 0 Å². The van der Waals surface area contributed by atoms with Crippen LogP contribution in [0.2, 0.25) is 5.02 Å². The van der Waals surface area contributed by atoms with Gasteiger partial charge in [-0.1, -0.05) is 84.4 Å². The molecular weight excluding hydrogens is 332 g/mol. The Hall–Kier alpha value is -2.58. The fraction of sp³-hybridized carbons (Fsp3) is 0.136. The molecular formula is C22H19ClO2. The van der Waals surface area contributed by atoms with Crippen LogP contribution in [0.5, 0.6) is 0 Å². The van der Waals surface area contributed by atoms with E-state index in [-0.39, 0.29) is 6.42 Å². The molecule has 0 bridgehead atoms. The largest absolute Gasteiger partial charge is 0.481 e. The Kier molecular flexibility index (Phi) is 5.20. The molecule has 1 unspecified atom stereocenters. The summed E-state index contributed by atoms with van der Waals surface area (Å²) in [5, 5.41) is 10.3. The number of aliphatic carboxylic acids is 1. The summed E-state index contributed by atoms with van der Waals surface area (Å²) in [5.41, 5.74) is 2.39. The van der Waals surface area contributed by atoms with E-state index in [1.807, 2.05) is 84.9 Å². The zero-order valence-corrected chi connectivity index (χ0v) is 14.5. The monoisotopic (exact) mass is 350 g/mol. The predicted octanol–water partition coefficient (Wildman–Crippen LogP) is 5.34. The van der Waals surface area contributed by atoms with Gasteiger partial charge < -0.3 is 5.11 Å². The third-order valence-electron chi connectivity index (χ3n) is 4.52. The number of benzene rings is 3. The number of carboxylic acid groups (broad SMARTS) is 1. The Morgan fingerprint density at radius 1 is 0.800 bits per heavy atom. The highest BCUT2D eigenvalue weighted by Crippen LogP contribution is 2.39. The van der Waals surface area contributed by atoms with Gasteiger partial charge in [0.15, 0.2) is 0 Å². The van der Waals surface area contributed by atoms with Gasteiger partial charge in [-0.05, 0) is 35.2 Å². The van der Waals surface area contributed by atoms with Crippen molar-refractivity contribution in [3.05, 3.63) is 107 Å². The maximum absolute atomic E-state index is 11.8. The van der Waals surface area contributed by atoms with E-state index < -0.39 is 11.4 Å². The van der Waals surface area contributed by atoms with Crippen LogP contribution in [0.4, 0.5) is 0 Å². The highest BCUT2D eigenvalue weighted by atomic mass is 35.5. The first-order valence-electron chi connectivity index (χ1n) is 8.17. The Balaban J connectivity index is 2.19. The quantitative estimate of drug-likeness (QED) is 0.651. The fourth-order valence-corrected chi connectivity index (χ4v) is 3.49. The van der Waals surface area contributed by atoms with E-state index in [1.54, 1.807) is 0 Å². The van der Waals surface area contributed by atoms with Crippen LogP contribution in [-0.4, -0.2) is 11.1 Å². The summed E-state index contributed by atoms with van der Waals surface area (Å²) in [6, 6.07) is 27.4. The second-order valence-electron chi connectivity index (χ2n) is 6.19. The molecule has 3 rings (SSSR count). The number of hydrogen-bond acceptors (Lipinski definition) is 1. The molecule has 1 N–H and O–H groups in total. The number of halogens is 1. The van der Waals surface area contributed by atoms with Crippen molar-refractivity contribution in [3.8, 4) is 0 Å². The third-order valence-corrected chi connectivity index (χ3v) is 4.78. The van der Waals surface area contributed by atoms with Gasteiger partial charge in [0.05, 0.1) is 6.42 Å². The Morgan fingerprint density at radius 3 is 1.88 bits per heavy atom. The van der Waals surface area contributed by atoms with Crippen LogP contribution < -0.4 is 0 Å². The van der Waals surface area contributed by atoms with Crippen molar-refractivity contribution in [3.63, 3.8) is 0 Å². The molecule has 0 radical (unpaired) electrons. The van der Waals surface area contributed by atoms with Crippen LogP contribution in [0.25, 0.3) is 0 Å². The van der Waals surface area contributed by atoms with Crippen LogP contribution in [0.1, 0.15) is 23.1 Å². The molecule has 3 aromatic rings. The van der Waals surface area contributed by atoms with Gasteiger partial charge in [-0.25, -0.2) is 0 Å². The van der Waals surface area contributed by atoms with Crippen LogP contribution in [-0.2, 0) is 16.6 Å².